The van der Waals surface area contributed by atoms with Gasteiger partial charge >= 0.3 is 0 Å². The summed E-state index contributed by atoms with van der Waals surface area (Å²) in [6.07, 6.45) is 1.53. The molecule has 0 spiro atoms. The third-order valence-corrected chi connectivity index (χ3v) is 3.83. The molecule has 6 nitrogen and oxygen atoms in total. The Morgan fingerprint density at radius 3 is 2.54 bits per heavy atom. The van der Waals surface area contributed by atoms with Crippen LogP contribution >= 0.6 is 23.2 Å². The molecule has 122 valence electrons. The standard InChI is InChI=1S/C16H12Cl2N4O2/c1-9-6-15(22-24-9)21-14-5-3-11(8-19-14)20-16(23)10-2-4-12(17)13(18)7-10/h2-8H,1H3,(H,20,23)(H,19,21,22). The van der Waals surface area contributed by atoms with Crippen molar-refractivity contribution in [3.63, 3.8) is 0 Å². The maximum atomic E-state index is 12.2. The predicted octanol–water partition coefficient (Wildman–Crippen LogP) is 4.68. The Bertz CT molecular complexity index is 878. The molecular weight excluding hydrogens is 351 g/mol. The summed E-state index contributed by atoms with van der Waals surface area (Å²) in [5.41, 5.74) is 0.956. The van der Waals surface area contributed by atoms with E-state index in [9.17, 15) is 4.79 Å². The number of hydrogen-bond donors (Lipinski definition) is 2. The van der Waals surface area contributed by atoms with Crippen LogP contribution in [0.4, 0.5) is 17.3 Å². The number of amides is 1. The maximum absolute atomic E-state index is 12.2. The molecule has 24 heavy (non-hydrogen) atoms. The molecule has 8 heteroatoms. The van der Waals surface area contributed by atoms with Crippen LogP contribution in [0.25, 0.3) is 0 Å². The Hall–Kier alpha value is -2.57. The topological polar surface area (TPSA) is 80.0 Å². The first-order valence-electron chi connectivity index (χ1n) is 6.94. The molecule has 0 bridgehead atoms. The smallest absolute Gasteiger partial charge is 0.255 e. The van der Waals surface area contributed by atoms with Crippen LogP contribution in [0, 0.1) is 6.92 Å². The van der Waals surface area contributed by atoms with E-state index in [2.05, 4.69) is 20.8 Å². The number of nitrogens with zero attached hydrogens (tertiary/aromatic N) is 2. The van der Waals surface area contributed by atoms with E-state index in [4.69, 9.17) is 27.7 Å². The zero-order chi connectivity index (χ0) is 17.1. The van der Waals surface area contributed by atoms with E-state index in [1.165, 1.54) is 12.3 Å². The molecule has 0 aliphatic rings. The number of halogens is 2. The van der Waals surface area contributed by atoms with Crippen LogP contribution in [0.1, 0.15) is 16.1 Å². The number of carbonyl (C=O) groups excluding carboxylic acids is 1. The van der Waals surface area contributed by atoms with Crippen molar-refractivity contribution < 1.29 is 9.32 Å². The van der Waals surface area contributed by atoms with E-state index in [0.29, 0.717) is 38.7 Å². The largest absolute Gasteiger partial charge is 0.360 e. The molecule has 0 atom stereocenters. The van der Waals surface area contributed by atoms with Gasteiger partial charge in [0.1, 0.15) is 11.6 Å². The molecule has 1 amide bonds. The van der Waals surface area contributed by atoms with Crippen molar-refractivity contribution in [1.82, 2.24) is 10.1 Å². The van der Waals surface area contributed by atoms with Gasteiger partial charge in [-0.05, 0) is 37.3 Å². The maximum Gasteiger partial charge on any atom is 0.255 e. The molecule has 3 aromatic rings. The van der Waals surface area contributed by atoms with Gasteiger partial charge in [0, 0.05) is 11.6 Å². The van der Waals surface area contributed by atoms with Crippen LogP contribution in [0.3, 0.4) is 0 Å². The Kier molecular flexibility index (Phi) is 4.69. The number of pyridine rings is 1. The molecule has 0 aliphatic heterocycles. The lowest BCUT2D eigenvalue weighted by atomic mass is 10.2. The van der Waals surface area contributed by atoms with Crippen molar-refractivity contribution in [3.05, 3.63) is 64.0 Å². The third-order valence-electron chi connectivity index (χ3n) is 3.09. The number of aromatic nitrogens is 2. The highest BCUT2D eigenvalue weighted by atomic mass is 35.5. The number of nitrogens with one attached hydrogen (secondary N) is 2. The fraction of sp³-hybridized carbons (Fsp3) is 0.0625. The molecule has 2 heterocycles. The van der Waals surface area contributed by atoms with Gasteiger partial charge in [-0.3, -0.25) is 4.79 Å². The van der Waals surface area contributed by atoms with Crippen molar-refractivity contribution in [2.24, 2.45) is 0 Å². The minimum absolute atomic E-state index is 0.303. The van der Waals surface area contributed by atoms with Crippen LogP contribution < -0.4 is 10.6 Å². The molecule has 0 radical (unpaired) electrons. The van der Waals surface area contributed by atoms with Crippen LogP contribution in [0.2, 0.25) is 10.0 Å². The minimum atomic E-state index is -0.303. The molecule has 0 unspecified atom stereocenters. The summed E-state index contributed by atoms with van der Waals surface area (Å²) in [4.78, 5) is 16.4. The molecule has 0 saturated heterocycles. The van der Waals surface area contributed by atoms with Gasteiger partial charge in [-0.2, -0.15) is 0 Å². The average Bonchev–Trinajstić information content (AvgIpc) is 2.97. The number of anilines is 3. The van der Waals surface area contributed by atoms with Crippen molar-refractivity contribution in [2.75, 3.05) is 10.6 Å². The summed E-state index contributed by atoms with van der Waals surface area (Å²) in [7, 11) is 0. The zero-order valence-corrected chi connectivity index (χ0v) is 14.0. The van der Waals surface area contributed by atoms with Crippen molar-refractivity contribution in [3.8, 4) is 0 Å². The number of aryl methyl sites for hydroxylation is 1. The molecule has 0 fully saturated rings. The van der Waals surface area contributed by atoms with Crippen LogP contribution in [-0.2, 0) is 0 Å². The summed E-state index contributed by atoms with van der Waals surface area (Å²) < 4.78 is 4.96. The highest BCUT2D eigenvalue weighted by Crippen LogP contribution is 2.23. The van der Waals surface area contributed by atoms with E-state index in [-0.39, 0.29) is 5.91 Å². The summed E-state index contributed by atoms with van der Waals surface area (Å²) in [5, 5.41) is 10.3. The lowest BCUT2D eigenvalue weighted by Crippen LogP contribution is -2.12. The molecule has 0 aliphatic carbocycles. The Balaban J connectivity index is 1.67. The quantitative estimate of drug-likeness (QED) is 0.704. The lowest BCUT2D eigenvalue weighted by Gasteiger charge is -2.07. The van der Waals surface area contributed by atoms with Crippen LogP contribution in [-0.4, -0.2) is 16.0 Å². The summed E-state index contributed by atoms with van der Waals surface area (Å²) >= 11 is 11.8. The number of rotatable bonds is 4. The number of carbonyl (C=O) groups is 1. The summed E-state index contributed by atoms with van der Waals surface area (Å²) in [6.45, 7) is 1.80. The Morgan fingerprint density at radius 2 is 1.92 bits per heavy atom. The van der Waals surface area contributed by atoms with Gasteiger partial charge in [0.2, 0.25) is 0 Å². The number of benzene rings is 1. The normalized spacial score (nSPS) is 10.5. The lowest BCUT2D eigenvalue weighted by molar-refractivity contribution is 0.102. The summed E-state index contributed by atoms with van der Waals surface area (Å²) in [6, 6.07) is 9.87. The van der Waals surface area contributed by atoms with Crippen LogP contribution in [0.15, 0.2) is 47.1 Å². The predicted molar refractivity (Wildman–Crippen MR) is 93.2 cm³/mol. The van der Waals surface area contributed by atoms with Crippen molar-refractivity contribution >= 4 is 46.4 Å². The van der Waals surface area contributed by atoms with Gasteiger partial charge < -0.3 is 15.2 Å². The number of hydrogen-bond acceptors (Lipinski definition) is 5. The fourth-order valence-electron chi connectivity index (χ4n) is 1.94. The van der Waals surface area contributed by atoms with E-state index in [0.717, 1.165) is 0 Å². The minimum Gasteiger partial charge on any atom is -0.360 e. The van der Waals surface area contributed by atoms with Gasteiger partial charge in [0.15, 0.2) is 5.82 Å². The highest BCUT2D eigenvalue weighted by Gasteiger charge is 2.09. The second-order valence-corrected chi connectivity index (χ2v) is 5.78. The van der Waals surface area contributed by atoms with E-state index in [1.54, 1.807) is 37.3 Å². The van der Waals surface area contributed by atoms with Gasteiger partial charge in [0.05, 0.1) is 21.9 Å². The summed E-state index contributed by atoms with van der Waals surface area (Å²) in [5.74, 6) is 1.54. The van der Waals surface area contributed by atoms with Gasteiger partial charge in [-0.15, -0.1) is 0 Å². The first kappa shape index (κ1) is 16.3. The van der Waals surface area contributed by atoms with Gasteiger partial charge in [-0.1, -0.05) is 28.4 Å². The molecule has 1 aromatic carbocycles. The second-order valence-electron chi connectivity index (χ2n) is 4.96. The Morgan fingerprint density at radius 1 is 1.08 bits per heavy atom. The monoisotopic (exact) mass is 362 g/mol. The SMILES string of the molecule is Cc1cc(Nc2ccc(NC(=O)c3ccc(Cl)c(Cl)c3)cn2)no1. The zero-order valence-electron chi connectivity index (χ0n) is 12.5. The molecule has 2 N–H and O–H groups in total. The van der Waals surface area contributed by atoms with E-state index >= 15 is 0 Å². The first-order chi connectivity index (χ1) is 11.5. The third kappa shape index (κ3) is 3.84. The average molecular weight is 363 g/mol. The first-order valence-corrected chi connectivity index (χ1v) is 7.69. The highest BCUT2D eigenvalue weighted by molar-refractivity contribution is 6.42. The van der Waals surface area contributed by atoms with Crippen molar-refractivity contribution in [2.45, 2.75) is 6.92 Å². The second kappa shape index (κ2) is 6.90. The van der Waals surface area contributed by atoms with Gasteiger partial charge in [-0.25, -0.2) is 4.98 Å². The van der Waals surface area contributed by atoms with Crippen LogP contribution in [0.5, 0.6) is 0 Å². The van der Waals surface area contributed by atoms with E-state index < -0.39 is 0 Å². The molecular formula is C16H12Cl2N4O2. The molecule has 0 saturated carbocycles. The fourth-order valence-corrected chi connectivity index (χ4v) is 2.24. The molecule has 3 rings (SSSR count). The van der Waals surface area contributed by atoms with Gasteiger partial charge in [0.25, 0.3) is 5.91 Å². The molecule has 2 aromatic heterocycles. The Labute approximate surface area is 147 Å². The van der Waals surface area contributed by atoms with E-state index in [1.807, 2.05) is 0 Å². The van der Waals surface area contributed by atoms with Crippen molar-refractivity contribution in [1.29, 1.82) is 0 Å².